The molecule has 0 aromatic rings. The number of hydrogen-bond acceptors (Lipinski definition) is 2. The molecule has 3 nitrogen and oxygen atoms in total. The maximum Gasteiger partial charge on any atom is 0.223 e. The summed E-state index contributed by atoms with van der Waals surface area (Å²) in [6.45, 7) is 0.606. The highest BCUT2D eigenvalue weighted by Crippen LogP contribution is 2.13. The molecule has 0 N–H and O–H groups in total. The van der Waals surface area contributed by atoms with E-state index in [1.54, 1.807) is 11.9 Å². The molecule has 48 valence electrons. The van der Waals surface area contributed by atoms with Crippen molar-refractivity contribution in [2.75, 3.05) is 13.6 Å². The van der Waals surface area contributed by atoms with Crippen molar-refractivity contribution in [3.8, 4) is 6.07 Å². The van der Waals surface area contributed by atoms with E-state index in [4.69, 9.17) is 5.26 Å². The quantitative estimate of drug-likeness (QED) is 0.456. The van der Waals surface area contributed by atoms with Gasteiger partial charge in [0.1, 0.15) is 0 Å². The lowest BCUT2D eigenvalue weighted by Crippen LogP contribution is -2.18. The zero-order chi connectivity index (χ0) is 6.85. The van der Waals surface area contributed by atoms with Gasteiger partial charge in [-0.2, -0.15) is 5.26 Å². The summed E-state index contributed by atoms with van der Waals surface area (Å²) in [6.07, 6.45) is 0.410. The monoisotopic (exact) mass is 124 g/mol. The molecule has 1 rings (SSSR count). The van der Waals surface area contributed by atoms with Crippen molar-refractivity contribution in [1.82, 2.24) is 4.90 Å². The van der Waals surface area contributed by atoms with E-state index < -0.39 is 0 Å². The molecule has 3 heteroatoms. The highest BCUT2D eigenvalue weighted by Gasteiger charge is 2.25. The number of nitrogens with zero attached hydrogens (tertiary/aromatic N) is 2. The molecule has 0 aromatic heterocycles. The van der Waals surface area contributed by atoms with Crippen LogP contribution in [0, 0.1) is 17.2 Å². The highest BCUT2D eigenvalue weighted by molar-refractivity contribution is 5.78. The Morgan fingerprint density at radius 1 is 1.89 bits per heavy atom. The molecular formula is C6H8N2O. The van der Waals surface area contributed by atoms with E-state index in [1.165, 1.54) is 0 Å². The minimum absolute atomic E-state index is 0.0671. The SMILES string of the molecule is CN1C[C@H](C#N)CC1=O. The van der Waals surface area contributed by atoms with Gasteiger partial charge in [0.15, 0.2) is 0 Å². The summed E-state index contributed by atoms with van der Waals surface area (Å²) >= 11 is 0. The summed E-state index contributed by atoms with van der Waals surface area (Å²) in [6, 6.07) is 2.06. The molecular weight excluding hydrogens is 116 g/mol. The molecule has 1 atom stereocenters. The molecule has 0 saturated carbocycles. The van der Waals surface area contributed by atoms with Crippen LogP contribution in [0.3, 0.4) is 0 Å². The van der Waals surface area contributed by atoms with Gasteiger partial charge in [-0.15, -0.1) is 0 Å². The van der Waals surface area contributed by atoms with Crippen LogP contribution in [0.25, 0.3) is 0 Å². The lowest BCUT2D eigenvalue weighted by Gasteiger charge is -2.04. The van der Waals surface area contributed by atoms with Crippen LogP contribution < -0.4 is 0 Å². The average Bonchev–Trinajstić information content (AvgIpc) is 2.13. The van der Waals surface area contributed by atoms with Crippen molar-refractivity contribution in [3.63, 3.8) is 0 Å². The fourth-order valence-corrected chi connectivity index (χ4v) is 0.950. The molecule has 1 aliphatic heterocycles. The summed E-state index contributed by atoms with van der Waals surface area (Å²) in [7, 11) is 1.72. The van der Waals surface area contributed by atoms with Crippen molar-refractivity contribution >= 4 is 5.91 Å². The van der Waals surface area contributed by atoms with Crippen LogP contribution in [0.5, 0.6) is 0 Å². The third-order valence-electron chi connectivity index (χ3n) is 1.52. The molecule has 0 aliphatic carbocycles. The van der Waals surface area contributed by atoms with Gasteiger partial charge in [-0.3, -0.25) is 4.79 Å². The van der Waals surface area contributed by atoms with Crippen molar-refractivity contribution in [1.29, 1.82) is 5.26 Å². The molecule has 0 unspecified atom stereocenters. The van der Waals surface area contributed by atoms with Gasteiger partial charge < -0.3 is 4.90 Å². The predicted octanol–water partition coefficient (Wildman–Crippen LogP) is -0.0117. The maximum atomic E-state index is 10.7. The number of rotatable bonds is 0. The third-order valence-corrected chi connectivity index (χ3v) is 1.52. The van der Waals surface area contributed by atoms with Crippen molar-refractivity contribution in [2.24, 2.45) is 5.92 Å². The Bertz CT molecular complexity index is 170. The summed E-state index contributed by atoms with van der Waals surface area (Å²) in [4.78, 5) is 12.3. The van der Waals surface area contributed by atoms with E-state index in [-0.39, 0.29) is 11.8 Å². The number of hydrogen-bond donors (Lipinski definition) is 0. The van der Waals surface area contributed by atoms with Crippen molar-refractivity contribution < 1.29 is 4.79 Å². The first-order valence-electron chi connectivity index (χ1n) is 2.87. The Hall–Kier alpha value is -1.04. The van der Waals surface area contributed by atoms with E-state index in [9.17, 15) is 4.79 Å². The Morgan fingerprint density at radius 2 is 2.56 bits per heavy atom. The Balaban J connectivity index is 2.57. The first-order chi connectivity index (χ1) is 4.24. The van der Waals surface area contributed by atoms with Gasteiger partial charge in [-0.05, 0) is 0 Å². The van der Waals surface area contributed by atoms with E-state index in [0.717, 1.165) is 0 Å². The Kier molecular flexibility index (Phi) is 1.39. The zero-order valence-corrected chi connectivity index (χ0v) is 5.29. The summed E-state index contributed by atoms with van der Waals surface area (Å²) in [5.74, 6) is 0.0176. The van der Waals surface area contributed by atoms with Gasteiger partial charge >= 0.3 is 0 Å². The van der Waals surface area contributed by atoms with Gasteiger partial charge in [-0.25, -0.2) is 0 Å². The second-order valence-corrected chi connectivity index (χ2v) is 2.30. The number of carbonyl (C=O) groups is 1. The fraction of sp³-hybridized carbons (Fsp3) is 0.667. The fourth-order valence-electron chi connectivity index (χ4n) is 0.950. The highest BCUT2D eigenvalue weighted by atomic mass is 16.2. The lowest BCUT2D eigenvalue weighted by molar-refractivity contribution is -0.126. The molecule has 9 heavy (non-hydrogen) atoms. The van der Waals surface area contributed by atoms with Crippen LogP contribution in [-0.4, -0.2) is 24.4 Å². The largest absolute Gasteiger partial charge is 0.344 e. The normalized spacial score (nSPS) is 26.4. The van der Waals surface area contributed by atoms with Crippen LogP contribution >= 0.6 is 0 Å². The minimum Gasteiger partial charge on any atom is -0.344 e. The number of nitriles is 1. The first-order valence-corrected chi connectivity index (χ1v) is 2.87. The van der Waals surface area contributed by atoms with E-state index in [1.807, 2.05) is 0 Å². The van der Waals surface area contributed by atoms with Gasteiger partial charge in [-0.1, -0.05) is 0 Å². The smallest absolute Gasteiger partial charge is 0.223 e. The first kappa shape index (κ1) is 6.09. The second kappa shape index (κ2) is 2.06. The van der Waals surface area contributed by atoms with Gasteiger partial charge in [0.25, 0.3) is 0 Å². The molecule has 1 amide bonds. The van der Waals surface area contributed by atoms with Gasteiger partial charge in [0, 0.05) is 20.0 Å². The van der Waals surface area contributed by atoms with Crippen LogP contribution in [0.1, 0.15) is 6.42 Å². The lowest BCUT2D eigenvalue weighted by atomic mass is 10.1. The zero-order valence-electron chi connectivity index (χ0n) is 5.29. The number of likely N-dealkylation sites (tertiary alicyclic amines) is 1. The molecule has 1 fully saturated rings. The van der Waals surface area contributed by atoms with Crippen molar-refractivity contribution in [2.45, 2.75) is 6.42 Å². The number of carbonyl (C=O) groups excluding carboxylic acids is 1. The topological polar surface area (TPSA) is 44.1 Å². The van der Waals surface area contributed by atoms with Gasteiger partial charge in [0.05, 0.1) is 12.0 Å². The molecule has 1 heterocycles. The van der Waals surface area contributed by atoms with Gasteiger partial charge in [0.2, 0.25) is 5.91 Å². The molecule has 1 aliphatic rings. The van der Waals surface area contributed by atoms with Crippen LogP contribution in [0.15, 0.2) is 0 Å². The van der Waals surface area contributed by atoms with Crippen LogP contribution in [-0.2, 0) is 4.79 Å². The molecule has 0 radical (unpaired) electrons. The Labute approximate surface area is 53.9 Å². The minimum atomic E-state index is -0.0671. The average molecular weight is 124 g/mol. The van der Waals surface area contributed by atoms with Crippen molar-refractivity contribution in [3.05, 3.63) is 0 Å². The van der Waals surface area contributed by atoms with E-state index in [2.05, 4.69) is 6.07 Å². The predicted molar refractivity (Wildman–Crippen MR) is 31.4 cm³/mol. The molecule has 0 bridgehead atoms. The number of amides is 1. The molecule has 0 spiro atoms. The maximum absolute atomic E-state index is 10.7. The Morgan fingerprint density at radius 3 is 2.78 bits per heavy atom. The summed E-state index contributed by atoms with van der Waals surface area (Å²) in [5.41, 5.74) is 0. The molecule has 0 aromatic carbocycles. The summed E-state index contributed by atoms with van der Waals surface area (Å²) < 4.78 is 0. The standard InChI is InChI=1S/C6H8N2O/c1-8-4-5(3-7)2-6(8)9/h5H,2,4H2,1H3/t5-/m0/s1. The van der Waals surface area contributed by atoms with E-state index in [0.29, 0.717) is 13.0 Å². The van der Waals surface area contributed by atoms with E-state index >= 15 is 0 Å². The molecule has 1 saturated heterocycles. The van der Waals surface area contributed by atoms with Crippen LogP contribution in [0.2, 0.25) is 0 Å². The summed E-state index contributed by atoms with van der Waals surface area (Å²) in [5, 5.41) is 8.37. The second-order valence-electron chi connectivity index (χ2n) is 2.30. The van der Waals surface area contributed by atoms with Crippen LogP contribution in [0.4, 0.5) is 0 Å². The third kappa shape index (κ3) is 1.02.